The second-order valence-corrected chi connectivity index (χ2v) is 4.80. The molecule has 0 aliphatic heterocycles. The Hall–Kier alpha value is -3.41. The number of hydrogen-bond acceptors (Lipinski definition) is 4. The van der Waals surface area contributed by atoms with Gasteiger partial charge in [0.25, 0.3) is 5.69 Å². The zero-order valence-corrected chi connectivity index (χ0v) is 12.8. The molecule has 6 heteroatoms. The number of ether oxygens (including phenoxy) is 1. The van der Waals surface area contributed by atoms with E-state index in [4.69, 9.17) is 4.74 Å². The molecule has 2 aromatic rings. The number of benzene rings is 2. The second kappa shape index (κ2) is 8.28. The van der Waals surface area contributed by atoms with Crippen molar-refractivity contribution in [2.24, 2.45) is 0 Å². The smallest absolute Gasteiger partial charge is 0.270 e. The van der Waals surface area contributed by atoms with Crippen molar-refractivity contribution in [3.8, 4) is 5.75 Å². The summed E-state index contributed by atoms with van der Waals surface area (Å²) in [5, 5.41) is 13.4. The van der Waals surface area contributed by atoms with Crippen LogP contribution in [-0.4, -0.2) is 17.4 Å². The highest BCUT2D eigenvalue weighted by Gasteiger charge is 2.04. The molecule has 0 saturated heterocycles. The maximum absolute atomic E-state index is 11.9. The van der Waals surface area contributed by atoms with Gasteiger partial charge in [-0.3, -0.25) is 14.9 Å². The summed E-state index contributed by atoms with van der Waals surface area (Å²) in [6.45, 7) is 3.95. The van der Waals surface area contributed by atoms with Gasteiger partial charge in [0.05, 0.1) is 4.92 Å². The largest absolute Gasteiger partial charge is 0.489 e. The Kier molecular flexibility index (Phi) is 5.85. The van der Waals surface area contributed by atoms with Crippen molar-refractivity contribution in [1.29, 1.82) is 0 Å². The lowest BCUT2D eigenvalue weighted by Crippen LogP contribution is -2.07. The summed E-state index contributed by atoms with van der Waals surface area (Å²) in [5.41, 5.74) is 1.14. The van der Waals surface area contributed by atoms with Gasteiger partial charge in [0.2, 0.25) is 5.91 Å². The predicted molar refractivity (Wildman–Crippen MR) is 92.9 cm³/mol. The molecule has 1 amide bonds. The minimum atomic E-state index is -0.480. The van der Waals surface area contributed by atoms with Crippen molar-refractivity contribution in [1.82, 2.24) is 0 Å². The lowest BCUT2D eigenvalue weighted by Gasteiger charge is -2.06. The Labute approximate surface area is 139 Å². The van der Waals surface area contributed by atoms with Gasteiger partial charge in [-0.15, -0.1) is 0 Å². The van der Waals surface area contributed by atoms with Crippen LogP contribution in [0.2, 0.25) is 0 Å². The Morgan fingerprint density at radius 3 is 2.79 bits per heavy atom. The monoisotopic (exact) mass is 324 g/mol. The van der Waals surface area contributed by atoms with Crippen molar-refractivity contribution in [2.45, 2.75) is 0 Å². The first-order valence-corrected chi connectivity index (χ1v) is 7.16. The molecule has 0 aliphatic carbocycles. The SMILES string of the molecule is C=CCOc1cccc(NC(=O)/C=C/c2cccc([N+](=O)[O-])c2)c1. The molecule has 0 saturated carbocycles. The van der Waals surface area contributed by atoms with Gasteiger partial charge < -0.3 is 10.1 Å². The van der Waals surface area contributed by atoms with Crippen LogP contribution in [0.5, 0.6) is 5.75 Å². The van der Waals surface area contributed by atoms with Crippen molar-refractivity contribution < 1.29 is 14.5 Å². The van der Waals surface area contributed by atoms with E-state index in [1.807, 2.05) is 0 Å². The molecule has 122 valence electrons. The first-order chi connectivity index (χ1) is 11.6. The van der Waals surface area contributed by atoms with Crippen LogP contribution >= 0.6 is 0 Å². The maximum Gasteiger partial charge on any atom is 0.270 e. The summed E-state index contributed by atoms with van der Waals surface area (Å²) >= 11 is 0. The number of rotatable bonds is 7. The molecular formula is C18H16N2O4. The fourth-order valence-electron chi connectivity index (χ4n) is 1.92. The van der Waals surface area contributed by atoms with Gasteiger partial charge in [0.1, 0.15) is 12.4 Å². The molecular weight excluding hydrogens is 308 g/mol. The number of nitrogens with zero attached hydrogens (tertiary/aromatic N) is 1. The molecule has 0 radical (unpaired) electrons. The van der Waals surface area contributed by atoms with E-state index < -0.39 is 4.92 Å². The zero-order chi connectivity index (χ0) is 17.4. The van der Waals surface area contributed by atoms with E-state index in [1.54, 1.807) is 42.5 Å². The van der Waals surface area contributed by atoms with E-state index in [-0.39, 0.29) is 11.6 Å². The van der Waals surface area contributed by atoms with Gasteiger partial charge in [0, 0.05) is 30.0 Å². The first-order valence-electron chi connectivity index (χ1n) is 7.16. The second-order valence-electron chi connectivity index (χ2n) is 4.80. The summed E-state index contributed by atoms with van der Waals surface area (Å²) in [6.07, 6.45) is 4.46. The van der Waals surface area contributed by atoms with Crippen molar-refractivity contribution >= 4 is 23.4 Å². The van der Waals surface area contributed by atoms with Gasteiger partial charge in [-0.25, -0.2) is 0 Å². The summed E-state index contributed by atoms with van der Waals surface area (Å²) in [7, 11) is 0. The normalized spacial score (nSPS) is 10.3. The lowest BCUT2D eigenvalue weighted by atomic mass is 10.2. The molecule has 24 heavy (non-hydrogen) atoms. The topological polar surface area (TPSA) is 81.5 Å². The molecule has 6 nitrogen and oxygen atoms in total. The molecule has 2 rings (SSSR count). The number of carbonyl (C=O) groups excluding carboxylic acids is 1. The predicted octanol–water partition coefficient (Wildman–Crippen LogP) is 3.81. The molecule has 1 N–H and O–H groups in total. The van der Waals surface area contributed by atoms with Crippen LogP contribution in [0, 0.1) is 10.1 Å². The third-order valence-corrected chi connectivity index (χ3v) is 2.98. The molecule has 0 unspecified atom stereocenters. The summed E-state index contributed by atoms with van der Waals surface area (Å²) < 4.78 is 5.39. The first kappa shape index (κ1) is 17.0. The van der Waals surface area contributed by atoms with E-state index in [1.165, 1.54) is 24.3 Å². The molecule has 2 aromatic carbocycles. The van der Waals surface area contributed by atoms with Crippen LogP contribution in [0.1, 0.15) is 5.56 Å². The molecule has 0 aromatic heterocycles. The molecule has 0 bridgehead atoms. The average Bonchev–Trinajstić information content (AvgIpc) is 2.59. The number of nitro benzene ring substituents is 1. The fraction of sp³-hybridized carbons (Fsp3) is 0.0556. The number of hydrogen-bond donors (Lipinski definition) is 1. The van der Waals surface area contributed by atoms with Crippen molar-refractivity contribution in [2.75, 3.05) is 11.9 Å². The third kappa shape index (κ3) is 5.10. The number of nitrogens with one attached hydrogen (secondary N) is 1. The molecule has 0 aliphatic rings. The number of anilines is 1. The van der Waals surface area contributed by atoms with Crippen molar-refractivity contribution in [3.63, 3.8) is 0 Å². The molecule has 0 spiro atoms. The highest BCUT2D eigenvalue weighted by Crippen LogP contribution is 2.18. The van der Waals surface area contributed by atoms with Crippen LogP contribution in [0.3, 0.4) is 0 Å². The Bertz CT molecular complexity index is 784. The van der Waals surface area contributed by atoms with Crippen LogP contribution < -0.4 is 10.1 Å². The van der Waals surface area contributed by atoms with Gasteiger partial charge in [-0.05, 0) is 23.8 Å². The molecule has 0 atom stereocenters. The molecule has 0 fully saturated rings. The van der Waals surface area contributed by atoms with Gasteiger partial charge in [-0.2, -0.15) is 0 Å². The van der Waals surface area contributed by atoms with Gasteiger partial charge >= 0.3 is 0 Å². The fourth-order valence-corrected chi connectivity index (χ4v) is 1.92. The summed E-state index contributed by atoms with van der Waals surface area (Å²) in [4.78, 5) is 22.2. The number of non-ortho nitro benzene ring substituents is 1. The van der Waals surface area contributed by atoms with Gasteiger partial charge in [-0.1, -0.05) is 30.9 Å². The minimum absolute atomic E-state index is 0.0235. The van der Waals surface area contributed by atoms with Crippen LogP contribution in [0.25, 0.3) is 6.08 Å². The number of amides is 1. The van der Waals surface area contributed by atoms with Crippen LogP contribution in [-0.2, 0) is 4.79 Å². The highest BCUT2D eigenvalue weighted by molar-refractivity contribution is 6.02. The average molecular weight is 324 g/mol. The quantitative estimate of drug-likeness (QED) is 0.363. The third-order valence-electron chi connectivity index (χ3n) is 2.98. The van der Waals surface area contributed by atoms with E-state index >= 15 is 0 Å². The minimum Gasteiger partial charge on any atom is -0.489 e. The lowest BCUT2D eigenvalue weighted by molar-refractivity contribution is -0.384. The number of nitro groups is 1. The Balaban J connectivity index is 2.01. The van der Waals surface area contributed by atoms with Crippen molar-refractivity contribution in [3.05, 3.63) is 82.9 Å². The summed E-state index contributed by atoms with van der Waals surface area (Å²) in [6, 6.07) is 13.0. The van der Waals surface area contributed by atoms with E-state index in [9.17, 15) is 14.9 Å². The molecule has 0 heterocycles. The summed E-state index contributed by atoms with van der Waals surface area (Å²) in [5.74, 6) is 0.276. The highest BCUT2D eigenvalue weighted by atomic mass is 16.6. The number of carbonyl (C=O) groups is 1. The van der Waals surface area contributed by atoms with E-state index in [2.05, 4.69) is 11.9 Å². The maximum atomic E-state index is 11.9. The van der Waals surface area contributed by atoms with E-state index in [0.717, 1.165) is 0 Å². The van der Waals surface area contributed by atoms with E-state index in [0.29, 0.717) is 23.6 Å². The standard InChI is InChI=1S/C18H16N2O4/c1-2-11-24-17-8-4-6-15(13-17)19-18(21)10-9-14-5-3-7-16(12-14)20(22)23/h2-10,12-13H,1,11H2,(H,19,21)/b10-9+. The van der Waals surface area contributed by atoms with Crippen LogP contribution in [0.4, 0.5) is 11.4 Å². The zero-order valence-electron chi connectivity index (χ0n) is 12.8. The Morgan fingerprint density at radius 2 is 2.04 bits per heavy atom. The Morgan fingerprint density at radius 1 is 1.25 bits per heavy atom. The van der Waals surface area contributed by atoms with Crippen LogP contribution in [0.15, 0.2) is 67.3 Å². The van der Waals surface area contributed by atoms with Gasteiger partial charge in [0.15, 0.2) is 0 Å².